The average Bonchev–Trinajstić information content (AvgIpc) is 2.55. The van der Waals surface area contributed by atoms with Crippen molar-refractivity contribution in [3.63, 3.8) is 0 Å². The Morgan fingerprint density at radius 1 is 1.56 bits per heavy atom. The summed E-state index contributed by atoms with van der Waals surface area (Å²) in [5, 5.41) is 17.4. The van der Waals surface area contributed by atoms with E-state index in [4.69, 9.17) is 16.6 Å². The van der Waals surface area contributed by atoms with Gasteiger partial charge >= 0.3 is 11.9 Å². The number of carboxylic acids is 2. The Hall–Kier alpha value is -2.03. The summed E-state index contributed by atoms with van der Waals surface area (Å²) in [5.74, 6) is -0.953. The molecule has 0 bridgehead atoms. The van der Waals surface area contributed by atoms with E-state index in [1.165, 1.54) is 0 Å². The number of carboxylic acid groups (broad SMARTS) is 2. The van der Waals surface area contributed by atoms with Gasteiger partial charge in [-0.25, -0.2) is 4.79 Å². The summed E-state index contributed by atoms with van der Waals surface area (Å²) >= 11 is 0. The zero-order chi connectivity index (χ0) is 12.3. The molecule has 16 heavy (non-hydrogen) atoms. The second kappa shape index (κ2) is 4.66. The van der Waals surface area contributed by atoms with Crippen molar-refractivity contribution in [3.05, 3.63) is 0 Å². The molecule has 1 amide bonds. The van der Waals surface area contributed by atoms with Crippen LogP contribution in [0.15, 0.2) is 0 Å². The molecule has 0 aromatic heterocycles. The lowest BCUT2D eigenvalue weighted by Crippen LogP contribution is -2.43. The van der Waals surface area contributed by atoms with E-state index in [-0.39, 0.29) is 18.9 Å². The van der Waals surface area contributed by atoms with Gasteiger partial charge < -0.3 is 15.1 Å². The standard InChI is InChI=1S/C10H11NO5/c1-2-6-3-8(12)11(5-6)7(10(15)16)4-9(13)14/h1,6-7H,3-5H2,(H,13,14)(H,15,16). The summed E-state index contributed by atoms with van der Waals surface area (Å²) < 4.78 is 0. The van der Waals surface area contributed by atoms with Crippen molar-refractivity contribution < 1.29 is 24.6 Å². The van der Waals surface area contributed by atoms with Crippen molar-refractivity contribution in [2.75, 3.05) is 6.54 Å². The van der Waals surface area contributed by atoms with Crippen LogP contribution >= 0.6 is 0 Å². The van der Waals surface area contributed by atoms with E-state index in [0.29, 0.717) is 0 Å². The number of hydrogen-bond donors (Lipinski definition) is 2. The van der Waals surface area contributed by atoms with Crippen molar-refractivity contribution in [3.8, 4) is 12.3 Å². The van der Waals surface area contributed by atoms with Crippen LogP contribution in [0, 0.1) is 18.3 Å². The third-order valence-electron chi connectivity index (χ3n) is 2.42. The molecular weight excluding hydrogens is 214 g/mol. The van der Waals surface area contributed by atoms with Gasteiger partial charge in [-0.05, 0) is 0 Å². The Balaban J connectivity index is 2.80. The Morgan fingerprint density at radius 2 is 2.19 bits per heavy atom. The van der Waals surface area contributed by atoms with Gasteiger partial charge in [0.05, 0.1) is 6.42 Å². The minimum absolute atomic E-state index is 0.0832. The van der Waals surface area contributed by atoms with Gasteiger partial charge in [-0.15, -0.1) is 12.3 Å². The molecule has 1 aliphatic rings. The maximum absolute atomic E-state index is 11.4. The van der Waals surface area contributed by atoms with Crippen LogP contribution in [0.1, 0.15) is 12.8 Å². The number of aliphatic carboxylic acids is 2. The number of rotatable bonds is 4. The highest BCUT2D eigenvalue weighted by Crippen LogP contribution is 2.21. The molecule has 2 N–H and O–H groups in total. The summed E-state index contributed by atoms with van der Waals surface area (Å²) in [5.41, 5.74) is 0. The summed E-state index contributed by atoms with van der Waals surface area (Å²) in [6.07, 6.45) is 4.61. The van der Waals surface area contributed by atoms with Crippen molar-refractivity contribution in [1.82, 2.24) is 4.90 Å². The van der Waals surface area contributed by atoms with Gasteiger partial charge in [0.2, 0.25) is 5.91 Å². The molecule has 86 valence electrons. The minimum Gasteiger partial charge on any atom is -0.481 e. The lowest BCUT2D eigenvalue weighted by Gasteiger charge is -2.22. The maximum atomic E-state index is 11.4. The fourth-order valence-corrected chi connectivity index (χ4v) is 1.64. The predicted molar refractivity (Wildman–Crippen MR) is 52.3 cm³/mol. The van der Waals surface area contributed by atoms with Crippen molar-refractivity contribution in [2.24, 2.45) is 5.92 Å². The number of terminal acetylenes is 1. The van der Waals surface area contributed by atoms with Crippen LogP contribution in [0.25, 0.3) is 0 Å². The quantitative estimate of drug-likeness (QED) is 0.623. The predicted octanol–water partition coefficient (Wildman–Crippen LogP) is -0.604. The molecule has 6 nitrogen and oxygen atoms in total. The van der Waals surface area contributed by atoms with E-state index >= 15 is 0 Å². The van der Waals surface area contributed by atoms with Gasteiger partial charge in [-0.3, -0.25) is 9.59 Å². The summed E-state index contributed by atoms with van der Waals surface area (Å²) in [6.45, 7) is 0.111. The minimum atomic E-state index is -1.33. The second-order valence-electron chi connectivity index (χ2n) is 3.57. The molecule has 0 aromatic carbocycles. The Labute approximate surface area is 91.8 Å². The first-order valence-corrected chi connectivity index (χ1v) is 4.66. The van der Waals surface area contributed by atoms with Gasteiger partial charge in [0.25, 0.3) is 0 Å². The number of nitrogens with zero attached hydrogens (tertiary/aromatic N) is 1. The van der Waals surface area contributed by atoms with Crippen molar-refractivity contribution in [1.29, 1.82) is 0 Å². The highest BCUT2D eigenvalue weighted by molar-refractivity contribution is 5.88. The van der Waals surface area contributed by atoms with Crippen LogP contribution in [-0.2, 0) is 14.4 Å². The van der Waals surface area contributed by atoms with Crippen LogP contribution in [0.4, 0.5) is 0 Å². The zero-order valence-corrected chi connectivity index (χ0v) is 8.42. The van der Waals surface area contributed by atoms with E-state index in [2.05, 4.69) is 5.92 Å². The molecule has 1 aliphatic heterocycles. The Kier molecular flexibility index (Phi) is 3.51. The van der Waals surface area contributed by atoms with Crippen LogP contribution in [0.2, 0.25) is 0 Å². The number of amides is 1. The topological polar surface area (TPSA) is 94.9 Å². The van der Waals surface area contributed by atoms with E-state index in [1.807, 2.05) is 0 Å². The van der Waals surface area contributed by atoms with Gasteiger partial charge in [0, 0.05) is 18.9 Å². The molecule has 0 saturated carbocycles. The molecule has 1 fully saturated rings. The summed E-state index contributed by atoms with van der Waals surface area (Å²) in [7, 11) is 0. The number of carbonyl (C=O) groups is 3. The molecule has 0 radical (unpaired) electrons. The van der Waals surface area contributed by atoms with Gasteiger partial charge in [0.15, 0.2) is 0 Å². The van der Waals surface area contributed by atoms with Gasteiger partial charge in [0.1, 0.15) is 6.04 Å². The fourth-order valence-electron chi connectivity index (χ4n) is 1.64. The molecule has 0 aromatic rings. The second-order valence-corrected chi connectivity index (χ2v) is 3.57. The molecular formula is C10H11NO5. The monoisotopic (exact) mass is 225 g/mol. The maximum Gasteiger partial charge on any atom is 0.327 e. The van der Waals surface area contributed by atoms with Gasteiger partial charge in [-0.2, -0.15) is 0 Å². The van der Waals surface area contributed by atoms with Crippen LogP contribution in [0.5, 0.6) is 0 Å². The lowest BCUT2D eigenvalue weighted by atomic mass is 10.1. The molecule has 0 spiro atoms. The molecule has 2 unspecified atom stereocenters. The average molecular weight is 225 g/mol. The molecule has 2 atom stereocenters. The Bertz CT molecular complexity index is 370. The summed E-state index contributed by atoms with van der Waals surface area (Å²) in [6, 6.07) is -1.33. The molecule has 6 heteroatoms. The molecule has 1 saturated heterocycles. The zero-order valence-electron chi connectivity index (χ0n) is 8.42. The van der Waals surface area contributed by atoms with Crippen LogP contribution in [0.3, 0.4) is 0 Å². The smallest absolute Gasteiger partial charge is 0.327 e. The first-order valence-electron chi connectivity index (χ1n) is 4.66. The highest BCUT2D eigenvalue weighted by atomic mass is 16.4. The molecule has 1 heterocycles. The van der Waals surface area contributed by atoms with Crippen molar-refractivity contribution in [2.45, 2.75) is 18.9 Å². The number of hydrogen-bond acceptors (Lipinski definition) is 3. The van der Waals surface area contributed by atoms with E-state index in [0.717, 1.165) is 4.90 Å². The van der Waals surface area contributed by atoms with Crippen LogP contribution < -0.4 is 0 Å². The molecule has 0 aliphatic carbocycles. The van der Waals surface area contributed by atoms with E-state index in [1.54, 1.807) is 0 Å². The third kappa shape index (κ3) is 2.51. The fraction of sp³-hybridized carbons (Fsp3) is 0.500. The lowest BCUT2D eigenvalue weighted by molar-refractivity contribution is -0.153. The summed E-state index contributed by atoms with van der Waals surface area (Å²) in [4.78, 5) is 33.8. The Morgan fingerprint density at radius 3 is 2.56 bits per heavy atom. The first kappa shape index (κ1) is 12.0. The third-order valence-corrected chi connectivity index (χ3v) is 2.42. The van der Waals surface area contributed by atoms with Crippen LogP contribution in [-0.4, -0.2) is 45.5 Å². The van der Waals surface area contributed by atoms with E-state index < -0.39 is 30.3 Å². The van der Waals surface area contributed by atoms with Gasteiger partial charge in [-0.1, -0.05) is 0 Å². The van der Waals surface area contributed by atoms with E-state index in [9.17, 15) is 14.4 Å². The van der Waals surface area contributed by atoms with Crippen molar-refractivity contribution >= 4 is 17.8 Å². The number of carbonyl (C=O) groups excluding carboxylic acids is 1. The number of likely N-dealkylation sites (tertiary alicyclic amines) is 1. The highest BCUT2D eigenvalue weighted by Gasteiger charge is 2.38. The first-order chi connectivity index (χ1) is 7.45. The molecule has 1 rings (SSSR count). The SMILES string of the molecule is C#CC1CC(=O)N(C(CC(=O)O)C(=O)O)C1. The normalized spacial score (nSPS) is 21.6. The largest absolute Gasteiger partial charge is 0.481 e.